The van der Waals surface area contributed by atoms with Gasteiger partial charge in [-0.05, 0) is 43.2 Å². The Balaban J connectivity index is 1.69. The number of aromatic hydroxyl groups is 1. The summed E-state index contributed by atoms with van der Waals surface area (Å²) >= 11 is 6.31. The molecular weight excluding hydrogens is 526 g/mol. The van der Waals surface area contributed by atoms with Crippen molar-refractivity contribution in [3.05, 3.63) is 67.4 Å². The number of nitrogens with one attached hydrogen (secondary N) is 1. The van der Waals surface area contributed by atoms with Crippen LogP contribution >= 0.6 is 11.6 Å². The molecule has 1 aliphatic rings. The zero-order valence-electron chi connectivity index (χ0n) is 18.5. The van der Waals surface area contributed by atoms with Crippen LogP contribution in [-0.4, -0.2) is 56.9 Å². The normalized spacial score (nSPS) is 16.6. The molecule has 1 fully saturated rings. The minimum Gasteiger partial charge on any atom is -0.507 e. The highest BCUT2D eigenvalue weighted by molar-refractivity contribution is 7.89. The summed E-state index contributed by atoms with van der Waals surface area (Å²) in [4.78, 5) is 25.0. The molecule has 2 aromatic carbocycles. The Morgan fingerprint density at radius 2 is 1.97 bits per heavy atom. The maximum atomic E-state index is 13.1. The van der Waals surface area contributed by atoms with E-state index in [1.165, 1.54) is 25.1 Å². The van der Waals surface area contributed by atoms with Gasteiger partial charge in [-0.2, -0.15) is 14.1 Å². The highest BCUT2D eigenvalue weighted by Crippen LogP contribution is 2.37. The number of phenols is 1. The van der Waals surface area contributed by atoms with Crippen molar-refractivity contribution in [2.45, 2.75) is 30.8 Å². The Kier molecular flexibility index (Phi) is 6.88. The second kappa shape index (κ2) is 9.61. The summed E-state index contributed by atoms with van der Waals surface area (Å²) in [6.07, 6.45) is -3.75. The first-order valence-corrected chi connectivity index (χ1v) is 12.2. The number of aromatic nitrogens is 3. The van der Waals surface area contributed by atoms with E-state index in [2.05, 4.69) is 5.10 Å². The number of aryl methyl sites for hydroxylation is 1. The van der Waals surface area contributed by atoms with Crippen molar-refractivity contribution in [2.75, 3.05) is 13.1 Å². The lowest BCUT2D eigenvalue weighted by molar-refractivity contribution is 0.141. The highest BCUT2D eigenvalue weighted by Gasteiger charge is 2.33. The lowest BCUT2D eigenvalue weighted by atomic mass is 10.2. The van der Waals surface area contributed by atoms with E-state index in [0.717, 1.165) is 16.4 Å². The molecule has 0 aliphatic carbocycles. The van der Waals surface area contributed by atoms with Crippen molar-refractivity contribution in [3.8, 4) is 22.9 Å². The number of aliphatic hydroxyl groups excluding tert-OH is 1. The molecule has 3 aromatic rings. The van der Waals surface area contributed by atoms with Crippen molar-refractivity contribution in [2.24, 2.45) is 0 Å². The second-order valence-electron chi connectivity index (χ2n) is 7.97. The Labute approximate surface area is 207 Å². The molecule has 0 spiro atoms. The van der Waals surface area contributed by atoms with Crippen molar-refractivity contribution < 1.29 is 32.1 Å². The molecule has 1 saturated heterocycles. The number of alkyl halides is 2. The van der Waals surface area contributed by atoms with Crippen LogP contribution in [0.1, 0.15) is 24.1 Å². The van der Waals surface area contributed by atoms with E-state index in [1.54, 1.807) is 4.98 Å². The van der Waals surface area contributed by atoms with Crippen LogP contribution in [0.15, 0.2) is 44.8 Å². The first-order chi connectivity index (χ1) is 16.9. The third-order valence-electron chi connectivity index (χ3n) is 5.41. The lowest BCUT2D eigenvalue weighted by Crippen LogP contribution is -2.34. The summed E-state index contributed by atoms with van der Waals surface area (Å²) in [7, 11) is -4.13. The summed E-state index contributed by atoms with van der Waals surface area (Å²) in [6.45, 7) is 1.51. The maximum absolute atomic E-state index is 13.1. The minimum atomic E-state index is -4.13. The summed E-state index contributed by atoms with van der Waals surface area (Å²) < 4.78 is 59.3. The number of phenolic OH excluding ortho intramolecular Hbond substituents is 1. The van der Waals surface area contributed by atoms with Gasteiger partial charge in [0, 0.05) is 19.2 Å². The predicted molar refractivity (Wildman–Crippen MR) is 123 cm³/mol. The zero-order chi connectivity index (χ0) is 26.4. The fourth-order valence-corrected chi connectivity index (χ4v) is 5.53. The number of β-amino-alcohol motifs (C(OH)–C–C–N with tert-alkyl or cyclic N) is 1. The van der Waals surface area contributed by atoms with Gasteiger partial charge in [0.2, 0.25) is 10.0 Å². The Hall–Kier alpha value is -3.33. The van der Waals surface area contributed by atoms with Gasteiger partial charge in [0.05, 0.1) is 16.8 Å². The van der Waals surface area contributed by atoms with Crippen LogP contribution in [0.5, 0.6) is 17.2 Å². The molecule has 0 bridgehead atoms. The molecule has 0 amide bonds. The minimum absolute atomic E-state index is 0.00295. The third kappa shape index (κ3) is 4.84. The number of aliphatic hydroxyl groups is 1. The van der Waals surface area contributed by atoms with Gasteiger partial charge < -0.3 is 14.9 Å². The highest BCUT2D eigenvalue weighted by atomic mass is 35.5. The van der Waals surface area contributed by atoms with Gasteiger partial charge in [-0.25, -0.2) is 22.0 Å². The Bertz CT molecular complexity index is 1540. The molecule has 0 radical (unpaired) electrons. The van der Waals surface area contributed by atoms with Crippen molar-refractivity contribution in [1.29, 1.82) is 0 Å². The molecule has 2 heterocycles. The monoisotopic (exact) mass is 544 g/mol. The number of rotatable bonds is 6. The van der Waals surface area contributed by atoms with Gasteiger partial charge in [-0.1, -0.05) is 11.6 Å². The number of sulfonamides is 1. The van der Waals surface area contributed by atoms with Gasteiger partial charge in [0.15, 0.2) is 5.69 Å². The molecular formula is C21H19ClF2N4O7S. The van der Waals surface area contributed by atoms with E-state index in [1.807, 2.05) is 0 Å². The summed E-state index contributed by atoms with van der Waals surface area (Å²) in [5, 5.41) is 23.2. The van der Waals surface area contributed by atoms with E-state index in [9.17, 15) is 37.0 Å². The predicted octanol–water partition coefficient (Wildman–Crippen LogP) is 2.07. The molecule has 0 saturated carbocycles. The topological polar surface area (TPSA) is 155 Å². The molecule has 1 atom stereocenters. The SMILES string of the molecule is Cc1cc(-n2nc(C(F)F)c(=O)[nH]c2=O)cc(Cl)c1Oc1ccc(O)c(S(=O)(=O)N2CC[C@@H](O)C2)c1. The van der Waals surface area contributed by atoms with Crippen LogP contribution < -0.4 is 16.0 Å². The van der Waals surface area contributed by atoms with Gasteiger partial charge in [0.1, 0.15) is 22.1 Å². The smallest absolute Gasteiger partial charge is 0.349 e. The van der Waals surface area contributed by atoms with Crippen molar-refractivity contribution in [3.63, 3.8) is 0 Å². The number of benzene rings is 2. The van der Waals surface area contributed by atoms with E-state index in [0.29, 0.717) is 10.2 Å². The van der Waals surface area contributed by atoms with Gasteiger partial charge in [-0.3, -0.25) is 9.78 Å². The fourth-order valence-electron chi connectivity index (χ4n) is 3.65. The third-order valence-corrected chi connectivity index (χ3v) is 7.59. The average molecular weight is 545 g/mol. The molecule has 15 heteroatoms. The van der Waals surface area contributed by atoms with E-state index >= 15 is 0 Å². The zero-order valence-corrected chi connectivity index (χ0v) is 20.1. The number of nitrogens with zero attached hydrogens (tertiary/aromatic N) is 3. The number of ether oxygens (including phenoxy) is 1. The van der Waals surface area contributed by atoms with E-state index in [4.69, 9.17) is 16.3 Å². The van der Waals surface area contributed by atoms with Crippen LogP contribution in [0.3, 0.4) is 0 Å². The van der Waals surface area contributed by atoms with E-state index < -0.39 is 50.1 Å². The average Bonchev–Trinajstić information content (AvgIpc) is 3.24. The van der Waals surface area contributed by atoms with Gasteiger partial charge in [0.25, 0.3) is 12.0 Å². The standard InChI is InChI=1S/C21H19ClF2N4O7S/c1-10-6-11(28-21(32)25-20(31)17(26-28)19(23)24)7-14(22)18(10)35-13-2-3-15(30)16(8-13)36(33,34)27-5-4-12(29)9-27/h2-3,6-8,12,19,29-30H,4-5,9H2,1H3,(H,25,31,32)/t12-/m1/s1. The molecule has 1 aromatic heterocycles. The molecule has 192 valence electrons. The largest absolute Gasteiger partial charge is 0.507 e. The van der Waals surface area contributed by atoms with Crippen LogP contribution in [-0.2, 0) is 10.0 Å². The molecule has 4 rings (SSSR count). The lowest BCUT2D eigenvalue weighted by Gasteiger charge is -2.18. The van der Waals surface area contributed by atoms with Gasteiger partial charge >= 0.3 is 5.69 Å². The maximum Gasteiger partial charge on any atom is 0.349 e. The second-order valence-corrected chi connectivity index (χ2v) is 10.3. The molecule has 11 nitrogen and oxygen atoms in total. The first kappa shape index (κ1) is 25.8. The molecule has 36 heavy (non-hydrogen) atoms. The fraction of sp³-hybridized carbons (Fsp3) is 0.286. The van der Waals surface area contributed by atoms with Crippen LogP contribution in [0.2, 0.25) is 5.02 Å². The Morgan fingerprint density at radius 1 is 1.25 bits per heavy atom. The van der Waals surface area contributed by atoms with Crippen molar-refractivity contribution >= 4 is 21.6 Å². The van der Waals surface area contributed by atoms with Crippen molar-refractivity contribution in [1.82, 2.24) is 19.1 Å². The number of halogens is 3. The first-order valence-electron chi connectivity index (χ1n) is 10.4. The van der Waals surface area contributed by atoms with Crippen LogP contribution in [0, 0.1) is 6.92 Å². The van der Waals surface area contributed by atoms with E-state index in [-0.39, 0.29) is 41.7 Å². The quantitative estimate of drug-likeness (QED) is 0.426. The van der Waals surface area contributed by atoms with Crippen LogP contribution in [0.4, 0.5) is 8.78 Å². The number of hydrogen-bond acceptors (Lipinski definition) is 8. The molecule has 3 N–H and O–H groups in total. The molecule has 0 unspecified atom stereocenters. The number of H-pyrrole nitrogens is 1. The summed E-state index contributed by atoms with van der Waals surface area (Å²) in [6, 6.07) is 6.06. The number of hydrogen-bond donors (Lipinski definition) is 3. The number of aromatic amines is 1. The summed E-state index contributed by atoms with van der Waals surface area (Å²) in [5.74, 6) is -0.457. The summed E-state index contributed by atoms with van der Waals surface area (Å²) in [5.41, 5.74) is -3.23. The Morgan fingerprint density at radius 3 is 2.58 bits per heavy atom. The van der Waals surface area contributed by atoms with Crippen LogP contribution in [0.25, 0.3) is 5.69 Å². The van der Waals surface area contributed by atoms with Gasteiger partial charge in [-0.15, -0.1) is 0 Å². The molecule has 1 aliphatic heterocycles.